The topological polar surface area (TPSA) is 42.7 Å². The van der Waals surface area contributed by atoms with Gasteiger partial charge in [0.1, 0.15) is 5.82 Å². The van der Waals surface area contributed by atoms with Crippen molar-refractivity contribution in [3.05, 3.63) is 35.1 Å². The molecule has 17 heavy (non-hydrogen) atoms. The molecule has 0 fully saturated rings. The molecule has 0 aliphatic carbocycles. The van der Waals surface area contributed by atoms with Gasteiger partial charge in [0.2, 0.25) is 0 Å². The quantitative estimate of drug-likeness (QED) is 0.901. The molecule has 1 N–H and O–H groups in total. The highest BCUT2D eigenvalue weighted by molar-refractivity contribution is 6.30. The van der Waals surface area contributed by atoms with E-state index in [0.717, 1.165) is 30.2 Å². The zero-order valence-corrected chi connectivity index (χ0v) is 10.7. The van der Waals surface area contributed by atoms with Crippen LogP contribution in [0.15, 0.2) is 24.3 Å². The third-order valence-corrected chi connectivity index (χ3v) is 2.77. The minimum absolute atomic E-state index is 0.701. The van der Waals surface area contributed by atoms with Crippen molar-refractivity contribution in [1.82, 2.24) is 20.1 Å². The SMILES string of the molecule is CNCCc1nc(-c2cccc(Cl)c2)nn1C. The number of aryl methyl sites for hydroxylation is 1. The molecule has 0 unspecified atom stereocenters. The van der Waals surface area contributed by atoms with Crippen LogP contribution in [0.25, 0.3) is 11.4 Å². The van der Waals surface area contributed by atoms with Crippen LogP contribution in [0, 0.1) is 0 Å². The molecular weight excluding hydrogens is 236 g/mol. The lowest BCUT2D eigenvalue weighted by atomic mass is 10.2. The Balaban J connectivity index is 2.28. The van der Waals surface area contributed by atoms with E-state index in [0.29, 0.717) is 5.02 Å². The third kappa shape index (κ3) is 2.84. The fourth-order valence-electron chi connectivity index (χ4n) is 1.62. The Morgan fingerprint density at radius 2 is 2.24 bits per heavy atom. The van der Waals surface area contributed by atoms with Gasteiger partial charge in [-0.3, -0.25) is 4.68 Å². The Bertz CT molecular complexity index is 507. The van der Waals surface area contributed by atoms with Gasteiger partial charge in [0.05, 0.1) is 0 Å². The molecule has 0 atom stereocenters. The van der Waals surface area contributed by atoms with Crippen molar-refractivity contribution in [2.45, 2.75) is 6.42 Å². The largest absolute Gasteiger partial charge is 0.319 e. The van der Waals surface area contributed by atoms with Crippen molar-refractivity contribution in [2.75, 3.05) is 13.6 Å². The molecule has 4 nitrogen and oxygen atoms in total. The van der Waals surface area contributed by atoms with Crippen molar-refractivity contribution in [3.8, 4) is 11.4 Å². The van der Waals surface area contributed by atoms with E-state index in [4.69, 9.17) is 11.6 Å². The molecule has 0 radical (unpaired) electrons. The highest BCUT2D eigenvalue weighted by atomic mass is 35.5. The normalized spacial score (nSPS) is 10.8. The first-order chi connectivity index (χ1) is 8.20. The monoisotopic (exact) mass is 250 g/mol. The lowest BCUT2D eigenvalue weighted by Gasteiger charge is -1.97. The molecular formula is C12H15ClN4. The Kier molecular flexibility index (Phi) is 3.76. The van der Waals surface area contributed by atoms with Crippen molar-refractivity contribution >= 4 is 11.6 Å². The van der Waals surface area contributed by atoms with Crippen LogP contribution in [0.3, 0.4) is 0 Å². The van der Waals surface area contributed by atoms with E-state index >= 15 is 0 Å². The summed E-state index contributed by atoms with van der Waals surface area (Å²) in [5.41, 5.74) is 0.948. The number of hydrogen-bond acceptors (Lipinski definition) is 3. The number of nitrogens with zero attached hydrogens (tertiary/aromatic N) is 3. The third-order valence-electron chi connectivity index (χ3n) is 2.53. The predicted molar refractivity (Wildman–Crippen MR) is 69.1 cm³/mol. The zero-order chi connectivity index (χ0) is 12.3. The van der Waals surface area contributed by atoms with E-state index in [1.165, 1.54) is 0 Å². The fraction of sp³-hybridized carbons (Fsp3) is 0.333. The van der Waals surface area contributed by atoms with E-state index < -0.39 is 0 Å². The minimum Gasteiger partial charge on any atom is -0.319 e. The molecule has 2 rings (SSSR count). The maximum atomic E-state index is 5.95. The summed E-state index contributed by atoms with van der Waals surface area (Å²) in [6.45, 7) is 0.890. The zero-order valence-electron chi connectivity index (χ0n) is 9.94. The molecule has 0 aliphatic rings. The molecule has 0 spiro atoms. The summed E-state index contributed by atoms with van der Waals surface area (Å²) in [6, 6.07) is 7.58. The molecule has 1 aromatic heterocycles. The number of halogens is 1. The first-order valence-corrected chi connectivity index (χ1v) is 5.89. The molecule has 90 valence electrons. The van der Waals surface area contributed by atoms with Crippen LogP contribution < -0.4 is 5.32 Å². The summed E-state index contributed by atoms with van der Waals surface area (Å²) in [6.07, 6.45) is 0.862. The summed E-state index contributed by atoms with van der Waals surface area (Å²) in [7, 11) is 3.83. The Hall–Kier alpha value is -1.39. The average molecular weight is 251 g/mol. The second kappa shape index (κ2) is 5.29. The van der Waals surface area contributed by atoms with Gasteiger partial charge < -0.3 is 5.32 Å². The summed E-state index contributed by atoms with van der Waals surface area (Å²) < 4.78 is 1.81. The van der Waals surface area contributed by atoms with Crippen molar-refractivity contribution in [1.29, 1.82) is 0 Å². The van der Waals surface area contributed by atoms with Crippen LogP contribution in [-0.2, 0) is 13.5 Å². The van der Waals surface area contributed by atoms with E-state index in [2.05, 4.69) is 15.4 Å². The molecule has 0 saturated heterocycles. The van der Waals surface area contributed by atoms with E-state index in [1.807, 2.05) is 43.0 Å². The number of benzene rings is 1. The van der Waals surface area contributed by atoms with Gasteiger partial charge in [-0.15, -0.1) is 0 Å². The highest BCUT2D eigenvalue weighted by Gasteiger charge is 2.08. The van der Waals surface area contributed by atoms with E-state index in [9.17, 15) is 0 Å². The summed E-state index contributed by atoms with van der Waals surface area (Å²) in [5.74, 6) is 1.69. The number of aromatic nitrogens is 3. The van der Waals surface area contributed by atoms with Crippen molar-refractivity contribution in [2.24, 2.45) is 7.05 Å². The molecule has 0 saturated carbocycles. The van der Waals surface area contributed by atoms with E-state index in [-0.39, 0.29) is 0 Å². The van der Waals surface area contributed by atoms with Gasteiger partial charge in [-0.05, 0) is 19.2 Å². The van der Waals surface area contributed by atoms with Crippen LogP contribution >= 0.6 is 11.6 Å². The lowest BCUT2D eigenvalue weighted by molar-refractivity contribution is 0.671. The molecule has 0 aliphatic heterocycles. The molecule has 2 aromatic rings. The van der Waals surface area contributed by atoms with Crippen LogP contribution in [0.2, 0.25) is 5.02 Å². The second-order valence-corrected chi connectivity index (χ2v) is 4.28. The standard InChI is InChI=1S/C12H15ClN4/c1-14-7-6-11-15-12(16-17(11)2)9-4-3-5-10(13)8-9/h3-5,8,14H,6-7H2,1-2H3. The summed E-state index contributed by atoms with van der Waals surface area (Å²) >= 11 is 5.95. The molecule has 1 heterocycles. The van der Waals surface area contributed by atoms with Gasteiger partial charge in [0.15, 0.2) is 5.82 Å². The van der Waals surface area contributed by atoms with E-state index in [1.54, 1.807) is 0 Å². The summed E-state index contributed by atoms with van der Waals surface area (Å²) in [4.78, 5) is 4.51. The number of hydrogen-bond donors (Lipinski definition) is 1. The molecule has 0 bridgehead atoms. The Morgan fingerprint density at radius 1 is 1.41 bits per heavy atom. The maximum absolute atomic E-state index is 5.95. The predicted octanol–water partition coefficient (Wildman–Crippen LogP) is 1.90. The number of rotatable bonds is 4. The minimum atomic E-state index is 0.701. The van der Waals surface area contributed by atoms with Crippen LogP contribution in [0.4, 0.5) is 0 Å². The van der Waals surface area contributed by atoms with Crippen LogP contribution in [0.1, 0.15) is 5.82 Å². The van der Waals surface area contributed by atoms with Gasteiger partial charge in [-0.1, -0.05) is 23.7 Å². The first kappa shape index (κ1) is 12.1. The Labute approximate surface area is 106 Å². The van der Waals surface area contributed by atoms with Gasteiger partial charge in [0.25, 0.3) is 0 Å². The second-order valence-electron chi connectivity index (χ2n) is 3.84. The molecule has 1 aromatic carbocycles. The smallest absolute Gasteiger partial charge is 0.181 e. The van der Waals surface area contributed by atoms with Crippen LogP contribution in [-0.4, -0.2) is 28.4 Å². The number of nitrogens with one attached hydrogen (secondary N) is 1. The maximum Gasteiger partial charge on any atom is 0.181 e. The van der Waals surface area contributed by atoms with Crippen molar-refractivity contribution < 1.29 is 0 Å². The van der Waals surface area contributed by atoms with Crippen molar-refractivity contribution in [3.63, 3.8) is 0 Å². The molecule has 5 heteroatoms. The summed E-state index contributed by atoms with van der Waals surface area (Å²) in [5, 5.41) is 8.19. The average Bonchev–Trinajstić information content (AvgIpc) is 2.68. The molecule has 0 amide bonds. The van der Waals surface area contributed by atoms with Gasteiger partial charge in [-0.2, -0.15) is 5.10 Å². The number of likely N-dealkylation sites (N-methyl/N-ethyl adjacent to an activating group) is 1. The fourth-order valence-corrected chi connectivity index (χ4v) is 1.81. The Morgan fingerprint density at radius 3 is 2.94 bits per heavy atom. The van der Waals surface area contributed by atoms with Gasteiger partial charge >= 0.3 is 0 Å². The van der Waals surface area contributed by atoms with Crippen LogP contribution in [0.5, 0.6) is 0 Å². The lowest BCUT2D eigenvalue weighted by Crippen LogP contribution is -2.13. The van der Waals surface area contributed by atoms with Gasteiger partial charge in [-0.25, -0.2) is 4.98 Å². The first-order valence-electron chi connectivity index (χ1n) is 5.51. The van der Waals surface area contributed by atoms with Gasteiger partial charge in [0, 0.05) is 30.6 Å². The highest BCUT2D eigenvalue weighted by Crippen LogP contribution is 2.19.